The van der Waals surface area contributed by atoms with Gasteiger partial charge in [-0.15, -0.1) is 0 Å². The zero-order chi connectivity index (χ0) is 10.3. The summed E-state index contributed by atoms with van der Waals surface area (Å²) in [6, 6.07) is 9.48. The van der Waals surface area contributed by atoms with E-state index in [4.69, 9.17) is 5.73 Å². The van der Waals surface area contributed by atoms with Crippen LogP contribution in [0.3, 0.4) is 0 Å². The molecule has 3 unspecified atom stereocenters. The van der Waals surface area contributed by atoms with Crippen molar-refractivity contribution in [2.24, 2.45) is 11.7 Å². The minimum atomic E-state index is 0.469. The lowest BCUT2D eigenvalue weighted by Gasteiger charge is -2.39. The fourth-order valence-electron chi connectivity index (χ4n) is 3.49. The average molecular weight is 201 g/mol. The van der Waals surface area contributed by atoms with Crippen LogP contribution in [-0.4, -0.2) is 6.04 Å². The molecule has 0 bridgehead atoms. The van der Waals surface area contributed by atoms with Crippen LogP contribution in [0.25, 0.3) is 0 Å². The van der Waals surface area contributed by atoms with Gasteiger partial charge in [0.1, 0.15) is 0 Å². The zero-order valence-corrected chi connectivity index (χ0v) is 9.15. The molecule has 80 valence electrons. The maximum absolute atomic E-state index is 6.06. The highest BCUT2D eigenvalue weighted by Gasteiger charge is 2.33. The number of aryl methyl sites for hydroxylation is 1. The second-order valence-corrected chi connectivity index (χ2v) is 5.18. The lowest BCUT2D eigenvalue weighted by molar-refractivity contribution is 0.251. The SMILES string of the molecule is NC1CCC2c3ccccc3CCC2C1. The van der Waals surface area contributed by atoms with E-state index in [9.17, 15) is 0 Å². The Morgan fingerprint density at radius 3 is 2.87 bits per heavy atom. The smallest absolute Gasteiger partial charge is 0.00419 e. The predicted octanol–water partition coefficient (Wildman–Crippen LogP) is 2.84. The van der Waals surface area contributed by atoms with Crippen LogP contribution < -0.4 is 5.73 Å². The number of fused-ring (bicyclic) bond motifs is 3. The monoisotopic (exact) mass is 201 g/mol. The minimum absolute atomic E-state index is 0.469. The molecule has 1 nitrogen and oxygen atoms in total. The van der Waals surface area contributed by atoms with Crippen LogP contribution in [-0.2, 0) is 6.42 Å². The molecule has 0 amide bonds. The number of nitrogens with two attached hydrogens (primary N) is 1. The van der Waals surface area contributed by atoms with Crippen molar-refractivity contribution < 1.29 is 0 Å². The fourth-order valence-corrected chi connectivity index (χ4v) is 3.49. The number of benzene rings is 1. The summed E-state index contributed by atoms with van der Waals surface area (Å²) in [4.78, 5) is 0. The molecule has 0 saturated heterocycles. The van der Waals surface area contributed by atoms with Gasteiger partial charge in [0.2, 0.25) is 0 Å². The summed E-state index contributed by atoms with van der Waals surface area (Å²) in [5.74, 6) is 1.68. The van der Waals surface area contributed by atoms with Gasteiger partial charge in [-0.3, -0.25) is 0 Å². The first-order chi connectivity index (χ1) is 7.34. The maximum Gasteiger partial charge on any atom is 0.00419 e. The van der Waals surface area contributed by atoms with Crippen LogP contribution in [0.1, 0.15) is 42.7 Å². The number of hydrogen-bond acceptors (Lipinski definition) is 1. The van der Waals surface area contributed by atoms with Gasteiger partial charge in [-0.2, -0.15) is 0 Å². The minimum Gasteiger partial charge on any atom is -0.328 e. The molecule has 2 aliphatic rings. The second-order valence-electron chi connectivity index (χ2n) is 5.18. The molecular formula is C14H19N. The third-order valence-corrected chi connectivity index (χ3v) is 4.26. The van der Waals surface area contributed by atoms with Gasteiger partial charge < -0.3 is 5.73 Å². The summed E-state index contributed by atoms with van der Waals surface area (Å²) < 4.78 is 0. The van der Waals surface area contributed by atoms with E-state index in [1.807, 2.05) is 0 Å². The first-order valence-electron chi connectivity index (χ1n) is 6.18. The van der Waals surface area contributed by atoms with E-state index >= 15 is 0 Å². The quantitative estimate of drug-likeness (QED) is 0.686. The molecule has 1 saturated carbocycles. The van der Waals surface area contributed by atoms with Crippen LogP contribution >= 0.6 is 0 Å². The third kappa shape index (κ3) is 1.59. The number of rotatable bonds is 0. The summed E-state index contributed by atoms with van der Waals surface area (Å²) in [6.07, 6.45) is 6.40. The molecule has 0 radical (unpaired) electrons. The molecule has 0 aromatic heterocycles. The van der Waals surface area contributed by atoms with Crippen LogP contribution in [0.4, 0.5) is 0 Å². The third-order valence-electron chi connectivity index (χ3n) is 4.26. The lowest BCUT2D eigenvalue weighted by atomic mass is 9.67. The molecule has 1 fully saturated rings. The molecule has 0 aliphatic heterocycles. The Kier molecular flexibility index (Phi) is 2.28. The highest BCUT2D eigenvalue weighted by molar-refractivity contribution is 5.33. The molecule has 15 heavy (non-hydrogen) atoms. The highest BCUT2D eigenvalue weighted by atomic mass is 14.6. The first-order valence-corrected chi connectivity index (χ1v) is 6.18. The van der Waals surface area contributed by atoms with E-state index in [1.165, 1.54) is 32.1 Å². The maximum atomic E-state index is 6.06. The van der Waals surface area contributed by atoms with Crippen molar-refractivity contribution in [2.45, 2.75) is 44.1 Å². The first kappa shape index (κ1) is 9.41. The van der Waals surface area contributed by atoms with E-state index in [-0.39, 0.29) is 0 Å². The van der Waals surface area contributed by atoms with Gasteiger partial charge in [0.05, 0.1) is 0 Å². The van der Waals surface area contributed by atoms with Crippen molar-refractivity contribution in [2.75, 3.05) is 0 Å². The summed E-state index contributed by atoms with van der Waals surface area (Å²) in [5, 5.41) is 0. The standard InChI is InChI=1S/C14H19N/c15-12-7-8-14-11(9-12)6-5-10-3-1-2-4-13(10)14/h1-4,11-12,14H,5-9,15H2. The van der Waals surface area contributed by atoms with Crippen molar-refractivity contribution in [3.05, 3.63) is 35.4 Å². The van der Waals surface area contributed by atoms with Gasteiger partial charge in [-0.1, -0.05) is 24.3 Å². The van der Waals surface area contributed by atoms with Gasteiger partial charge in [0.15, 0.2) is 0 Å². The second kappa shape index (κ2) is 3.64. The van der Waals surface area contributed by atoms with Crippen LogP contribution in [0.15, 0.2) is 24.3 Å². The summed E-state index contributed by atoms with van der Waals surface area (Å²) in [5.41, 5.74) is 9.28. The highest BCUT2D eigenvalue weighted by Crippen LogP contribution is 2.44. The summed E-state index contributed by atoms with van der Waals surface area (Å²) >= 11 is 0. The number of hydrogen-bond donors (Lipinski definition) is 1. The molecule has 3 rings (SSSR count). The Balaban J connectivity index is 1.93. The summed E-state index contributed by atoms with van der Waals surface area (Å²) in [7, 11) is 0. The molecule has 1 aromatic carbocycles. The Hall–Kier alpha value is -0.820. The van der Waals surface area contributed by atoms with Gasteiger partial charge in [-0.25, -0.2) is 0 Å². The lowest BCUT2D eigenvalue weighted by Crippen LogP contribution is -2.34. The Bertz CT molecular complexity index is 358. The largest absolute Gasteiger partial charge is 0.328 e. The van der Waals surface area contributed by atoms with Crippen LogP contribution in [0.5, 0.6) is 0 Å². The van der Waals surface area contributed by atoms with Gasteiger partial charge in [-0.05, 0) is 55.1 Å². The Morgan fingerprint density at radius 2 is 1.93 bits per heavy atom. The molecule has 0 heterocycles. The Labute approximate surface area is 91.7 Å². The molecule has 1 aromatic rings. The van der Waals surface area contributed by atoms with Crippen molar-refractivity contribution in [3.63, 3.8) is 0 Å². The van der Waals surface area contributed by atoms with E-state index in [0.29, 0.717) is 6.04 Å². The van der Waals surface area contributed by atoms with Crippen molar-refractivity contribution in [1.82, 2.24) is 0 Å². The topological polar surface area (TPSA) is 26.0 Å². The van der Waals surface area contributed by atoms with Gasteiger partial charge in [0.25, 0.3) is 0 Å². The van der Waals surface area contributed by atoms with E-state index in [2.05, 4.69) is 24.3 Å². The predicted molar refractivity (Wildman–Crippen MR) is 62.8 cm³/mol. The molecule has 2 N–H and O–H groups in total. The van der Waals surface area contributed by atoms with E-state index in [1.54, 1.807) is 11.1 Å². The molecule has 2 aliphatic carbocycles. The molecule has 1 heteroatoms. The molecule has 3 atom stereocenters. The van der Waals surface area contributed by atoms with Crippen LogP contribution in [0, 0.1) is 5.92 Å². The average Bonchev–Trinajstić information content (AvgIpc) is 2.28. The van der Waals surface area contributed by atoms with E-state index in [0.717, 1.165) is 11.8 Å². The zero-order valence-electron chi connectivity index (χ0n) is 9.15. The van der Waals surface area contributed by atoms with Crippen molar-refractivity contribution in [1.29, 1.82) is 0 Å². The van der Waals surface area contributed by atoms with Crippen molar-refractivity contribution in [3.8, 4) is 0 Å². The Morgan fingerprint density at radius 1 is 1.07 bits per heavy atom. The van der Waals surface area contributed by atoms with E-state index < -0.39 is 0 Å². The normalized spacial score (nSPS) is 34.3. The molecule has 0 spiro atoms. The molecular weight excluding hydrogens is 182 g/mol. The van der Waals surface area contributed by atoms with Crippen molar-refractivity contribution >= 4 is 0 Å². The van der Waals surface area contributed by atoms with Gasteiger partial charge in [0, 0.05) is 6.04 Å². The summed E-state index contributed by atoms with van der Waals surface area (Å²) in [6.45, 7) is 0. The van der Waals surface area contributed by atoms with Gasteiger partial charge >= 0.3 is 0 Å². The van der Waals surface area contributed by atoms with Crippen LogP contribution in [0.2, 0.25) is 0 Å². The fraction of sp³-hybridized carbons (Fsp3) is 0.571.